The van der Waals surface area contributed by atoms with Gasteiger partial charge >= 0.3 is 5.76 Å². The number of benzene rings is 1. The molecular weight excluding hydrogens is 356 g/mol. The summed E-state index contributed by atoms with van der Waals surface area (Å²) in [5.41, 5.74) is 0.733. The highest BCUT2D eigenvalue weighted by molar-refractivity contribution is 7.89. The molecule has 124 valence electrons. The molecular formula is C12H10N6O4S2. The van der Waals surface area contributed by atoms with Gasteiger partial charge in [-0.05, 0) is 12.1 Å². The molecule has 0 aliphatic heterocycles. The standard InChI is InChI=1S/C12H10N6O4S2/c1-17-8-3-2-7(4-9(8)22-12(17)19)24(20,21)14-5-10-16-18-6-13-15-11(18)23-10/h2-4,6,14H,5H2,1H3. The molecule has 0 unspecified atom stereocenters. The van der Waals surface area contributed by atoms with Crippen molar-refractivity contribution in [2.24, 2.45) is 7.05 Å². The third kappa shape index (κ3) is 2.40. The van der Waals surface area contributed by atoms with Crippen LogP contribution in [-0.2, 0) is 23.6 Å². The first-order valence-corrected chi connectivity index (χ1v) is 8.99. The fourth-order valence-corrected chi connectivity index (χ4v) is 4.04. The Morgan fingerprint density at radius 2 is 2.21 bits per heavy atom. The highest BCUT2D eigenvalue weighted by atomic mass is 32.2. The smallest absolute Gasteiger partial charge is 0.408 e. The van der Waals surface area contributed by atoms with Crippen LogP contribution in [0, 0.1) is 0 Å². The van der Waals surface area contributed by atoms with Crippen molar-refractivity contribution in [1.82, 2.24) is 29.1 Å². The van der Waals surface area contributed by atoms with E-state index in [9.17, 15) is 13.2 Å². The van der Waals surface area contributed by atoms with Crippen LogP contribution in [0.1, 0.15) is 5.01 Å². The molecule has 0 aliphatic carbocycles. The van der Waals surface area contributed by atoms with E-state index in [0.717, 1.165) is 0 Å². The van der Waals surface area contributed by atoms with Crippen LogP contribution < -0.4 is 10.5 Å². The first-order chi connectivity index (χ1) is 11.4. The maximum Gasteiger partial charge on any atom is 0.419 e. The Labute approximate surface area is 138 Å². The molecule has 4 rings (SSSR count). The minimum absolute atomic E-state index is 0.00681. The van der Waals surface area contributed by atoms with Gasteiger partial charge in [-0.2, -0.15) is 9.61 Å². The summed E-state index contributed by atoms with van der Waals surface area (Å²) in [4.78, 5) is 12.1. The van der Waals surface area contributed by atoms with Crippen molar-refractivity contribution in [3.63, 3.8) is 0 Å². The Bertz CT molecular complexity index is 1190. The van der Waals surface area contributed by atoms with Gasteiger partial charge in [0.2, 0.25) is 15.0 Å². The number of nitrogens with one attached hydrogen (secondary N) is 1. The lowest BCUT2D eigenvalue weighted by atomic mass is 10.3. The summed E-state index contributed by atoms with van der Waals surface area (Å²) in [7, 11) is -2.22. The van der Waals surface area contributed by atoms with Gasteiger partial charge in [0.25, 0.3) is 0 Å². The van der Waals surface area contributed by atoms with E-state index in [4.69, 9.17) is 4.42 Å². The Balaban J connectivity index is 1.61. The molecule has 0 amide bonds. The molecule has 0 bridgehead atoms. The quantitative estimate of drug-likeness (QED) is 0.543. The van der Waals surface area contributed by atoms with E-state index in [1.165, 1.54) is 44.9 Å². The van der Waals surface area contributed by atoms with Crippen LogP contribution >= 0.6 is 11.3 Å². The molecule has 3 aromatic heterocycles. The van der Waals surface area contributed by atoms with Crippen molar-refractivity contribution in [3.8, 4) is 0 Å². The Hall–Kier alpha value is -2.57. The third-order valence-electron chi connectivity index (χ3n) is 3.42. The van der Waals surface area contributed by atoms with Gasteiger partial charge in [0.05, 0.1) is 17.0 Å². The maximum absolute atomic E-state index is 12.4. The van der Waals surface area contributed by atoms with Crippen LogP contribution in [0.3, 0.4) is 0 Å². The van der Waals surface area contributed by atoms with E-state index in [-0.39, 0.29) is 17.0 Å². The lowest BCUT2D eigenvalue weighted by Gasteiger charge is -2.04. The van der Waals surface area contributed by atoms with E-state index in [1.807, 2.05) is 0 Å². The van der Waals surface area contributed by atoms with E-state index in [0.29, 0.717) is 15.5 Å². The molecule has 0 aliphatic rings. The normalized spacial score (nSPS) is 12.4. The zero-order chi connectivity index (χ0) is 16.9. The average Bonchev–Trinajstić information content (AvgIpc) is 3.20. The summed E-state index contributed by atoms with van der Waals surface area (Å²) in [6.45, 7) is 0.0210. The number of nitrogens with zero attached hydrogens (tertiary/aromatic N) is 5. The number of rotatable bonds is 4. The van der Waals surface area contributed by atoms with Gasteiger partial charge in [0, 0.05) is 13.1 Å². The van der Waals surface area contributed by atoms with Crippen molar-refractivity contribution in [2.45, 2.75) is 11.4 Å². The first-order valence-electron chi connectivity index (χ1n) is 6.69. The second kappa shape index (κ2) is 5.22. The molecule has 0 atom stereocenters. The lowest BCUT2D eigenvalue weighted by Crippen LogP contribution is -2.23. The molecule has 4 aromatic rings. The molecule has 0 radical (unpaired) electrons. The van der Waals surface area contributed by atoms with Crippen LogP contribution in [0.15, 0.2) is 38.6 Å². The number of fused-ring (bicyclic) bond motifs is 2. The molecule has 3 heterocycles. The summed E-state index contributed by atoms with van der Waals surface area (Å²) < 4.78 is 35.0. The van der Waals surface area contributed by atoms with Crippen molar-refractivity contribution < 1.29 is 12.8 Å². The van der Waals surface area contributed by atoms with Crippen LogP contribution in [0.4, 0.5) is 0 Å². The van der Waals surface area contributed by atoms with Crippen LogP contribution in [0.5, 0.6) is 0 Å². The van der Waals surface area contributed by atoms with E-state index in [1.54, 1.807) is 7.05 Å². The van der Waals surface area contributed by atoms with Crippen molar-refractivity contribution in [3.05, 3.63) is 40.1 Å². The number of aryl methyl sites for hydroxylation is 1. The first kappa shape index (κ1) is 15.0. The van der Waals surface area contributed by atoms with Gasteiger partial charge in [-0.25, -0.2) is 17.9 Å². The SMILES string of the molecule is Cn1c(=O)oc2cc(S(=O)(=O)NCc3nn4cnnc4s3)ccc21. The fraction of sp³-hybridized carbons (Fsp3) is 0.167. The minimum Gasteiger partial charge on any atom is -0.408 e. The number of aromatic nitrogens is 5. The van der Waals surface area contributed by atoms with Crippen LogP contribution in [-0.4, -0.2) is 32.8 Å². The van der Waals surface area contributed by atoms with E-state index < -0.39 is 15.8 Å². The monoisotopic (exact) mass is 366 g/mol. The lowest BCUT2D eigenvalue weighted by molar-refractivity contribution is 0.527. The second-order valence-corrected chi connectivity index (χ2v) is 7.74. The summed E-state index contributed by atoms with van der Waals surface area (Å²) in [6, 6.07) is 4.26. The zero-order valence-electron chi connectivity index (χ0n) is 12.2. The molecule has 1 N–H and O–H groups in total. The molecule has 10 nitrogen and oxygen atoms in total. The summed E-state index contributed by atoms with van der Waals surface area (Å²) in [5, 5.41) is 12.2. The number of hydrogen-bond donors (Lipinski definition) is 1. The van der Waals surface area contributed by atoms with Crippen molar-refractivity contribution in [2.75, 3.05) is 0 Å². The van der Waals surface area contributed by atoms with Gasteiger partial charge in [-0.1, -0.05) is 11.3 Å². The van der Waals surface area contributed by atoms with E-state index in [2.05, 4.69) is 20.0 Å². The molecule has 0 saturated carbocycles. The van der Waals surface area contributed by atoms with Gasteiger partial charge < -0.3 is 4.42 Å². The zero-order valence-corrected chi connectivity index (χ0v) is 13.8. The van der Waals surface area contributed by atoms with Crippen molar-refractivity contribution in [1.29, 1.82) is 0 Å². The average molecular weight is 366 g/mol. The molecule has 12 heteroatoms. The molecule has 0 fully saturated rings. The Morgan fingerprint density at radius 3 is 3.00 bits per heavy atom. The van der Waals surface area contributed by atoms with Gasteiger partial charge in [-0.15, -0.1) is 10.2 Å². The predicted molar refractivity (Wildman–Crippen MR) is 84.1 cm³/mol. The predicted octanol–water partition coefficient (Wildman–Crippen LogP) is 0.109. The molecule has 0 saturated heterocycles. The van der Waals surface area contributed by atoms with Crippen LogP contribution in [0.25, 0.3) is 16.1 Å². The third-order valence-corrected chi connectivity index (χ3v) is 5.73. The molecule has 1 aromatic carbocycles. The number of sulfonamides is 1. The highest BCUT2D eigenvalue weighted by Gasteiger charge is 2.18. The molecule has 24 heavy (non-hydrogen) atoms. The molecule has 0 spiro atoms. The topological polar surface area (TPSA) is 124 Å². The maximum atomic E-state index is 12.4. The number of hydrogen-bond acceptors (Lipinski definition) is 8. The largest absolute Gasteiger partial charge is 0.419 e. The Morgan fingerprint density at radius 1 is 1.38 bits per heavy atom. The summed E-state index contributed by atoms with van der Waals surface area (Å²) >= 11 is 1.24. The highest BCUT2D eigenvalue weighted by Crippen LogP contribution is 2.18. The minimum atomic E-state index is -3.77. The second-order valence-electron chi connectivity index (χ2n) is 4.93. The summed E-state index contributed by atoms with van der Waals surface area (Å²) in [5.74, 6) is -0.549. The van der Waals surface area contributed by atoms with Gasteiger partial charge in [0.1, 0.15) is 11.3 Å². The van der Waals surface area contributed by atoms with E-state index >= 15 is 0 Å². The number of oxazole rings is 1. The fourth-order valence-electron chi connectivity index (χ4n) is 2.19. The summed E-state index contributed by atoms with van der Waals surface area (Å²) in [6.07, 6.45) is 1.44. The van der Waals surface area contributed by atoms with Crippen molar-refractivity contribution >= 4 is 37.4 Å². The Kier molecular flexibility index (Phi) is 3.26. The van der Waals surface area contributed by atoms with Gasteiger partial charge in [0.15, 0.2) is 5.58 Å². The van der Waals surface area contributed by atoms with Gasteiger partial charge in [-0.3, -0.25) is 4.57 Å². The van der Waals surface area contributed by atoms with Crippen LogP contribution in [0.2, 0.25) is 0 Å².